The second-order valence-corrected chi connectivity index (χ2v) is 15.7. The second kappa shape index (κ2) is 20.6. The molecule has 0 aliphatic heterocycles. The van der Waals surface area contributed by atoms with E-state index in [1.54, 1.807) is 42.5 Å². The molecule has 0 saturated carbocycles. The second-order valence-electron chi connectivity index (χ2n) is 13.8. The monoisotopic (exact) mass is 845 g/mol. The van der Waals surface area contributed by atoms with Crippen molar-refractivity contribution >= 4 is 43.4 Å². The highest BCUT2D eigenvalue weighted by Gasteiger charge is 2.35. The summed E-state index contributed by atoms with van der Waals surface area (Å²) in [6.45, 7) is 6.72. The van der Waals surface area contributed by atoms with Crippen LogP contribution in [0.5, 0.6) is 17.4 Å². The number of sulfone groups is 1. The Labute approximate surface area is 345 Å². The van der Waals surface area contributed by atoms with Crippen molar-refractivity contribution in [3.05, 3.63) is 110 Å². The van der Waals surface area contributed by atoms with E-state index in [9.17, 15) is 28.0 Å². The van der Waals surface area contributed by atoms with Gasteiger partial charge in [0.1, 0.15) is 16.7 Å². The number of unbranched alkanes of at least 4 members (excludes halogenated alkanes) is 6. The predicted molar refractivity (Wildman–Crippen MR) is 220 cm³/mol. The lowest BCUT2D eigenvalue weighted by molar-refractivity contribution is -0.832. The van der Waals surface area contributed by atoms with Crippen LogP contribution in [-0.4, -0.2) is 59.1 Å². The molecule has 3 aromatic carbocycles. The van der Waals surface area contributed by atoms with Gasteiger partial charge in [0.05, 0.1) is 36.5 Å². The van der Waals surface area contributed by atoms with Crippen molar-refractivity contribution < 1.29 is 50.5 Å². The molecule has 0 fully saturated rings. The normalized spacial score (nSPS) is 11.5. The molecule has 0 aliphatic carbocycles. The number of hydrogen-bond acceptors (Lipinski definition) is 15. The molecule has 0 N–H and O–H groups in total. The summed E-state index contributed by atoms with van der Waals surface area (Å²) in [6, 6.07) is 20.9. The molecule has 0 bridgehead atoms. The summed E-state index contributed by atoms with van der Waals surface area (Å²) in [5.41, 5.74) is 0.358. The zero-order valence-corrected chi connectivity index (χ0v) is 34.3. The van der Waals surface area contributed by atoms with Gasteiger partial charge in [-0.1, -0.05) is 18.2 Å². The van der Waals surface area contributed by atoms with E-state index >= 15 is 0 Å². The van der Waals surface area contributed by atoms with E-state index in [2.05, 4.69) is 14.7 Å². The van der Waals surface area contributed by atoms with Gasteiger partial charge in [-0.2, -0.15) is 0 Å². The van der Waals surface area contributed by atoms with Crippen molar-refractivity contribution in [1.82, 2.24) is 5.16 Å². The minimum absolute atomic E-state index is 0.0841. The summed E-state index contributed by atoms with van der Waals surface area (Å²) < 4.78 is 64.3. The number of aromatic nitrogens is 2. The van der Waals surface area contributed by atoms with Crippen molar-refractivity contribution in [2.45, 2.75) is 75.1 Å². The van der Waals surface area contributed by atoms with Crippen molar-refractivity contribution in [2.75, 3.05) is 44.4 Å². The Kier molecular flexibility index (Phi) is 14.8. The van der Waals surface area contributed by atoms with Gasteiger partial charge in [-0.25, -0.2) is 22.8 Å². The maximum Gasteiger partial charge on any atom is 0.414 e. The van der Waals surface area contributed by atoms with E-state index < -0.39 is 38.0 Å². The Balaban J connectivity index is 0.910. The van der Waals surface area contributed by atoms with Crippen LogP contribution >= 0.6 is 0 Å². The minimum Gasteiger partial charge on any atom is -0.490 e. The first-order chi connectivity index (χ1) is 29.1. The SMILES string of the molecule is CCN(CC)c1ccc2cc(C(=O)OCCCCCCOc3cc4ccc(=O)oc4cc3OCCCCCCOc3no[n+]([O-])c3S(=O)(=O)c3ccccc3)c(=O)oc2c1. The molecule has 17 heteroatoms. The first-order valence-corrected chi connectivity index (χ1v) is 21.4. The number of fused-ring (bicyclic) bond motifs is 2. The van der Waals surface area contributed by atoms with Crippen molar-refractivity contribution in [3.8, 4) is 17.4 Å². The number of carbonyl (C=O) groups is 1. The third-order valence-corrected chi connectivity index (χ3v) is 11.4. The molecule has 3 aromatic heterocycles. The lowest BCUT2D eigenvalue weighted by atomic mass is 10.1. The summed E-state index contributed by atoms with van der Waals surface area (Å²) in [5.74, 6) is -0.182. The first-order valence-electron chi connectivity index (χ1n) is 19.9. The van der Waals surface area contributed by atoms with Crippen molar-refractivity contribution in [2.24, 2.45) is 0 Å². The summed E-state index contributed by atoms with van der Waals surface area (Å²) in [6.07, 6.45) is 5.56. The van der Waals surface area contributed by atoms with E-state index in [1.165, 1.54) is 24.3 Å². The fourth-order valence-corrected chi connectivity index (χ4v) is 7.76. The van der Waals surface area contributed by atoms with E-state index in [-0.39, 0.29) is 28.6 Å². The van der Waals surface area contributed by atoms with Crippen molar-refractivity contribution in [3.63, 3.8) is 0 Å². The standard InChI is InChI=1S/C43H47N3O13S/c1-3-45(4-2)32-20-18-30-26-34(43(49)58-35(30)28-32)42(48)56-25-15-8-6-12-22-53-37-27-31-19-21-39(47)57-36(31)29-38(37)54-23-13-5-7-14-24-55-40-41(46(50)59-44-40)60(51,52)33-16-10-9-11-17-33/h9-11,16-21,26-29H,3-8,12-15,22-25H2,1-2H3. The lowest BCUT2D eigenvalue weighted by Crippen LogP contribution is -2.30. The third-order valence-electron chi connectivity index (χ3n) is 9.67. The lowest BCUT2D eigenvalue weighted by Gasteiger charge is -2.20. The van der Waals surface area contributed by atoms with Crippen molar-refractivity contribution in [1.29, 1.82) is 0 Å². The smallest absolute Gasteiger partial charge is 0.414 e. The van der Waals surface area contributed by atoms with Crippen LogP contribution in [0.15, 0.2) is 112 Å². The molecule has 0 saturated heterocycles. The fraction of sp³-hybridized carbons (Fsp3) is 0.372. The minimum atomic E-state index is -4.20. The number of anilines is 1. The largest absolute Gasteiger partial charge is 0.490 e. The zero-order chi connectivity index (χ0) is 42.5. The van der Waals surface area contributed by atoms with E-state index in [1.807, 2.05) is 26.0 Å². The van der Waals surface area contributed by atoms with Crippen LogP contribution in [0.1, 0.15) is 75.6 Å². The van der Waals surface area contributed by atoms with Crippen LogP contribution < -0.4 is 35.3 Å². The molecule has 0 atom stereocenters. The number of rotatable bonds is 23. The molecule has 0 unspecified atom stereocenters. The zero-order valence-electron chi connectivity index (χ0n) is 33.5. The molecule has 16 nitrogen and oxygen atoms in total. The number of carbonyl (C=O) groups excluding carboxylic acids is 1. The van der Waals surface area contributed by atoms with Gasteiger partial charge < -0.3 is 37.9 Å². The van der Waals surface area contributed by atoms with Crippen LogP contribution in [0, 0.1) is 5.21 Å². The summed E-state index contributed by atoms with van der Waals surface area (Å²) in [4.78, 5) is 39.1. The highest BCUT2D eigenvalue weighted by atomic mass is 32.2. The van der Waals surface area contributed by atoms with Gasteiger partial charge in [0, 0.05) is 47.7 Å². The number of hydrogen-bond donors (Lipinski definition) is 0. The molecule has 0 amide bonds. The average Bonchev–Trinajstić information content (AvgIpc) is 3.63. The fourth-order valence-electron chi connectivity index (χ4n) is 6.46. The summed E-state index contributed by atoms with van der Waals surface area (Å²) >= 11 is 0. The molecule has 0 aliphatic rings. The van der Waals surface area contributed by atoms with Crippen LogP contribution in [0.4, 0.5) is 5.69 Å². The van der Waals surface area contributed by atoms with Crippen LogP contribution in [0.25, 0.3) is 21.9 Å². The Hall–Kier alpha value is -6.36. The third kappa shape index (κ3) is 10.8. The van der Waals surface area contributed by atoms with Gasteiger partial charge in [-0.05, 0) is 113 Å². The highest BCUT2D eigenvalue weighted by Crippen LogP contribution is 2.33. The Morgan fingerprint density at radius 2 is 1.32 bits per heavy atom. The van der Waals surface area contributed by atoms with Gasteiger partial charge in [-0.15, -0.1) is 0 Å². The summed E-state index contributed by atoms with van der Waals surface area (Å²) in [7, 11) is -4.20. The van der Waals surface area contributed by atoms with E-state index in [0.29, 0.717) is 78.8 Å². The van der Waals surface area contributed by atoms with Gasteiger partial charge >= 0.3 is 28.1 Å². The number of esters is 1. The molecule has 6 rings (SSSR count). The van der Waals surface area contributed by atoms with Crippen LogP contribution in [0.3, 0.4) is 0 Å². The van der Waals surface area contributed by atoms with E-state index in [0.717, 1.165) is 38.0 Å². The Bertz CT molecular complexity index is 2600. The number of ether oxygens (including phenoxy) is 4. The Morgan fingerprint density at radius 1 is 0.717 bits per heavy atom. The number of benzene rings is 3. The van der Waals surface area contributed by atoms with Gasteiger partial charge in [-0.3, -0.25) is 4.63 Å². The summed E-state index contributed by atoms with van der Waals surface area (Å²) in [5, 5.41) is 16.2. The predicted octanol–water partition coefficient (Wildman–Crippen LogP) is 7.01. The highest BCUT2D eigenvalue weighted by molar-refractivity contribution is 7.91. The molecule has 3 heterocycles. The first kappa shape index (κ1) is 43.2. The maximum absolute atomic E-state index is 12.9. The molecule has 6 aromatic rings. The van der Waals surface area contributed by atoms with Gasteiger partial charge in [0.15, 0.2) is 11.5 Å². The Morgan fingerprint density at radius 3 is 2.00 bits per heavy atom. The van der Waals surface area contributed by atoms with Crippen LogP contribution in [-0.2, 0) is 14.6 Å². The molecule has 0 spiro atoms. The van der Waals surface area contributed by atoms with Crippen LogP contribution in [0.2, 0.25) is 0 Å². The maximum atomic E-state index is 12.9. The molecule has 60 heavy (non-hydrogen) atoms. The average molecular weight is 846 g/mol. The molecular formula is C43H47N3O13S. The molecule has 0 radical (unpaired) electrons. The van der Waals surface area contributed by atoms with Gasteiger partial charge in [0.2, 0.25) is 0 Å². The number of nitrogens with zero attached hydrogens (tertiary/aromatic N) is 3. The van der Waals surface area contributed by atoms with E-state index in [4.69, 9.17) is 27.8 Å². The molecule has 318 valence electrons. The molecular weight excluding hydrogens is 799 g/mol. The van der Waals surface area contributed by atoms with Gasteiger partial charge in [0.25, 0.3) is 9.84 Å². The topological polar surface area (TPSA) is 205 Å². The quantitative estimate of drug-likeness (QED) is 0.0275.